The predicted molar refractivity (Wildman–Crippen MR) is 56.8 cm³/mol. The standard InChI is InChI=1S/C12H12F3NO/c13-12(14,15)10-11(6-3-7-17-11)8-4-1-2-5-9(8)16-10/h1-2,4-5,10,16H,3,6-7H2. The SMILES string of the molecule is FC(F)(F)C1Nc2ccccc2C12CCCO2. The van der Waals surface area contributed by atoms with E-state index < -0.39 is 17.8 Å². The molecule has 17 heavy (non-hydrogen) atoms. The Hall–Kier alpha value is -1.23. The van der Waals surface area contributed by atoms with Crippen molar-refractivity contribution >= 4 is 5.69 Å². The van der Waals surface area contributed by atoms with E-state index in [1.807, 2.05) is 0 Å². The summed E-state index contributed by atoms with van der Waals surface area (Å²) in [7, 11) is 0. The minimum Gasteiger partial charge on any atom is -0.371 e. The summed E-state index contributed by atoms with van der Waals surface area (Å²) in [6.07, 6.45) is -3.22. The Morgan fingerprint density at radius 2 is 2.06 bits per heavy atom. The molecule has 0 amide bonds. The normalized spacial score (nSPS) is 31.6. The average molecular weight is 243 g/mol. The summed E-state index contributed by atoms with van der Waals surface area (Å²) < 4.78 is 44.7. The van der Waals surface area contributed by atoms with Gasteiger partial charge in [-0.05, 0) is 18.9 Å². The monoisotopic (exact) mass is 243 g/mol. The maximum atomic E-state index is 13.1. The van der Waals surface area contributed by atoms with Gasteiger partial charge in [0, 0.05) is 17.9 Å². The summed E-state index contributed by atoms with van der Waals surface area (Å²) in [4.78, 5) is 0. The highest BCUT2D eigenvalue weighted by atomic mass is 19.4. The maximum absolute atomic E-state index is 13.1. The van der Waals surface area contributed by atoms with E-state index in [-0.39, 0.29) is 0 Å². The molecular formula is C12H12F3NO. The van der Waals surface area contributed by atoms with Crippen LogP contribution in [0.4, 0.5) is 18.9 Å². The van der Waals surface area contributed by atoms with Gasteiger partial charge in [0.1, 0.15) is 5.60 Å². The fourth-order valence-corrected chi connectivity index (χ4v) is 2.85. The Morgan fingerprint density at radius 1 is 1.29 bits per heavy atom. The molecule has 2 unspecified atom stereocenters. The highest BCUT2D eigenvalue weighted by Gasteiger charge is 2.60. The van der Waals surface area contributed by atoms with Crippen LogP contribution in [0.5, 0.6) is 0 Å². The van der Waals surface area contributed by atoms with E-state index >= 15 is 0 Å². The van der Waals surface area contributed by atoms with Gasteiger partial charge in [-0.15, -0.1) is 0 Å². The smallest absolute Gasteiger partial charge is 0.371 e. The van der Waals surface area contributed by atoms with Crippen molar-refractivity contribution in [2.75, 3.05) is 11.9 Å². The summed E-state index contributed by atoms with van der Waals surface area (Å²) in [6.45, 7) is 0.391. The molecule has 0 bridgehead atoms. The van der Waals surface area contributed by atoms with Crippen LogP contribution in [0.1, 0.15) is 18.4 Å². The van der Waals surface area contributed by atoms with Crippen LogP contribution in [0.3, 0.4) is 0 Å². The molecule has 1 N–H and O–H groups in total. The number of ether oxygens (including phenoxy) is 1. The second-order valence-electron chi connectivity index (χ2n) is 4.51. The Morgan fingerprint density at radius 3 is 2.71 bits per heavy atom. The van der Waals surface area contributed by atoms with Crippen molar-refractivity contribution in [2.45, 2.75) is 30.7 Å². The number of anilines is 1. The number of para-hydroxylation sites is 1. The third kappa shape index (κ3) is 1.45. The Balaban J connectivity index is 2.11. The van der Waals surface area contributed by atoms with Gasteiger partial charge in [0.15, 0.2) is 6.04 Å². The van der Waals surface area contributed by atoms with Gasteiger partial charge < -0.3 is 10.1 Å². The third-order valence-electron chi connectivity index (χ3n) is 3.53. The zero-order valence-corrected chi connectivity index (χ0v) is 9.05. The molecule has 0 aliphatic carbocycles. The van der Waals surface area contributed by atoms with Crippen LogP contribution in [-0.2, 0) is 10.3 Å². The molecule has 92 valence electrons. The lowest BCUT2D eigenvalue weighted by atomic mass is 9.86. The molecule has 1 spiro atoms. The molecule has 2 aliphatic heterocycles. The molecule has 2 aliphatic rings. The number of rotatable bonds is 0. The molecule has 2 nitrogen and oxygen atoms in total. The molecular weight excluding hydrogens is 231 g/mol. The van der Waals surface area contributed by atoms with E-state index in [0.717, 1.165) is 0 Å². The van der Waals surface area contributed by atoms with Gasteiger partial charge in [0.05, 0.1) is 0 Å². The lowest BCUT2D eigenvalue weighted by Gasteiger charge is -2.32. The molecule has 2 atom stereocenters. The van der Waals surface area contributed by atoms with Gasteiger partial charge in [-0.3, -0.25) is 0 Å². The zero-order chi connectivity index (χ0) is 12.1. The second kappa shape index (κ2) is 3.38. The Bertz CT molecular complexity index is 438. The molecule has 3 rings (SSSR count). The third-order valence-corrected chi connectivity index (χ3v) is 3.53. The van der Waals surface area contributed by atoms with Gasteiger partial charge in [-0.1, -0.05) is 18.2 Å². The highest BCUT2D eigenvalue weighted by molar-refractivity contribution is 5.61. The van der Waals surface area contributed by atoms with Crippen LogP contribution in [0, 0.1) is 0 Å². The lowest BCUT2D eigenvalue weighted by Crippen LogP contribution is -2.48. The molecule has 0 radical (unpaired) electrons. The second-order valence-corrected chi connectivity index (χ2v) is 4.51. The number of nitrogens with one attached hydrogen (secondary N) is 1. The minimum atomic E-state index is -4.30. The van der Waals surface area contributed by atoms with Crippen LogP contribution in [0.15, 0.2) is 24.3 Å². The van der Waals surface area contributed by atoms with Gasteiger partial charge >= 0.3 is 6.18 Å². The summed E-state index contributed by atoms with van der Waals surface area (Å²) in [5, 5.41) is 2.56. The van der Waals surface area contributed by atoms with Gasteiger partial charge in [0.2, 0.25) is 0 Å². The number of benzene rings is 1. The molecule has 0 aromatic heterocycles. The van der Waals surface area contributed by atoms with Crippen molar-refractivity contribution in [3.05, 3.63) is 29.8 Å². The van der Waals surface area contributed by atoms with Crippen LogP contribution in [-0.4, -0.2) is 18.8 Å². The number of hydrogen-bond donors (Lipinski definition) is 1. The number of hydrogen-bond acceptors (Lipinski definition) is 2. The van der Waals surface area contributed by atoms with E-state index in [1.165, 1.54) is 0 Å². The van der Waals surface area contributed by atoms with Gasteiger partial charge in [-0.25, -0.2) is 0 Å². The number of alkyl halides is 3. The van der Waals surface area contributed by atoms with E-state index in [4.69, 9.17) is 4.74 Å². The first kappa shape index (κ1) is 10.9. The van der Waals surface area contributed by atoms with Crippen molar-refractivity contribution in [3.8, 4) is 0 Å². The molecule has 2 heterocycles. The largest absolute Gasteiger partial charge is 0.411 e. The highest BCUT2D eigenvalue weighted by Crippen LogP contribution is 2.52. The molecule has 1 fully saturated rings. The van der Waals surface area contributed by atoms with Crippen LogP contribution in [0.2, 0.25) is 0 Å². The first-order chi connectivity index (χ1) is 8.04. The maximum Gasteiger partial charge on any atom is 0.411 e. The van der Waals surface area contributed by atoms with E-state index in [1.54, 1.807) is 24.3 Å². The van der Waals surface area contributed by atoms with Crippen molar-refractivity contribution in [1.29, 1.82) is 0 Å². The van der Waals surface area contributed by atoms with Crippen LogP contribution >= 0.6 is 0 Å². The topological polar surface area (TPSA) is 21.3 Å². The van der Waals surface area contributed by atoms with Crippen molar-refractivity contribution in [3.63, 3.8) is 0 Å². The fraction of sp³-hybridized carbons (Fsp3) is 0.500. The van der Waals surface area contributed by atoms with Crippen LogP contribution < -0.4 is 5.32 Å². The average Bonchev–Trinajstić information content (AvgIpc) is 2.86. The van der Waals surface area contributed by atoms with Gasteiger partial charge in [-0.2, -0.15) is 13.2 Å². The van der Waals surface area contributed by atoms with Crippen molar-refractivity contribution < 1.29 is 17.9 Å². The number of fused-ring (bicyclic) bond motifs is 2. The van der Waals surface area contributed by atoms with Crippen molar-refractivity contribution in [2.24, 2.45) is 0 Å². The van der Waals surface area contributed by atoms with Crippen LogP contribution in [0.25, 0.3) is 0 Å². The van der Waals surface area contributed by atoms with Gasteiger partial charge in [0.25, 0.3) is 0 Å². The molecule has 0 saturated carbocycles. The zero-order valence-electron chi connectivity index (χ0n) is 9.05. The molecule has 1 aromatic rings. The fourth-order valence-electron chi connectivity index (χ4n) is 2.85. The summed E-state index contributed by atoms with van der Waals surface area (Å²) in [6, 6.07) is 5.25. The summed E-state index contributed by atoms with van der Waals surface area (Å²) in [5.41, 5.74) is -0.0361. The first-order valence-electron chi connectivity index (χ1n) is 5.61. The minimum absolute atomic E-state index is 0.391. The molecule has 1 saturated heterocycles. The van der Waals surface area contributed by atoms with E-state index in [2.05, 4.69) is 5.32 Å². The lowest BCUT2D eigenvalue weighted by molar-refractivity contribution is -0.188. The predicted octanol–water partition coefficient (Wildman–Crippen LogP) is 3.05. The Labute approximate surface area is 96.8 Å². The summed E-state index contributed by atoms with van der Waals surface area (Å²) >= 11 is 0. The van der Waals surface area contributed by atoms with Crippen molar-refractivity contribution in [1.82, 2.24) is 0 Å². The first-order valence-corrected chi connectivity index (χ1v) is 5.61. The summed E-state index contributed by atoms with van der Waals surface area (Å²) in [5.74, 6) is 0. The van der Waals surface area contributed by atoms with E-state index in [0.29, 0.717) is 30.7 Å². The number of halogens is 3. The quantitative estimate of drug-likeness (QED) is 0.756. The Kier molecular flexibility index (Phi) is 2.17. The van der Waals surface area contributed by atoms with E-state index in [9.17, 15) is 13.2 Å². The molecule has 5 heteroatoms. The molecule has 1 aromatic carbocycles.